The van der Waals surface area contributed by atoms with Crippen molar-refractivity contribution in [1.82, 2.24) is 5.32 Å². The van der Waals surface area contributed by atoms with Crippen LogP contribution in [0.25, 0.3) is 0 Å². The molecule has 0 fully saturated rings. The number of amides is 2. The van der Waals surface area contributed by atoms with Crippen molar-refractivity contribution < 1.29 is 14.3 Å². The number of benzene rings is 3. The molecular formula is C25H21N3O3. The maximum absolute atomic E-state index is 13.4. The summed E-state index contributed by atoms with van der Waals surface area (Å²) in [4.78, 5) is 32.8. The van der Waals surface area contributed by atoms with Crippen LogP contribution in [0, 0.1) is 0 Å². The van der Waals surface area contributed by atoms with Crippen LogP contribution in [0.15, 0.2) is 77.8 Å². The summed E-state index contributed by atoms with van der Waals surface area (Å²) in [5.74, 6) is 0.0769. The first-order valence-electron chi connectivity index (χ1n) is 10.2. The quantitative estimate of drug-likeness (QED) is 0.717. The van der Waals surface area contributed by atoms with Crippen molar-refractivity contribution >= 4 is 23.2 Å². The summed E-state index contributed by atoms with van der Waals surface area (Å²) in [6.07, 6.45) is -0.223. The lowest BCUT2D eigenvalue weighted by Crippen LogP contribution is -2.46. The number of para-hydroxylation sites is 1. The highest BCUT2D eigenvalue weighted by molar-refractivity contribution is 6.21. The standard InChI is InChI=1S/C25H21N3O3/c1-31-19-12-10-18(11-13-19)24(29)27-23-25(30)28-15-14-17-8-5-9-20(22(17)28)21(26-23)16-6-3-2-4-7-16/h2-13,23H,14-15H2,1H3,(H,27,29). The second-order valence-electron chi connectivity index (χ2n) is 7.50. The average molecular weight is 411 g/mol. The molecule has 0 aromatic heterocycles. The van der Waals surface area contributed by atoms with Crippen molar-refractivity contribution in [2.75, 3.05) is 18.6 Å². The Hall–Kier alpha value is -3.93. The number of hydrogen-bond donors (Lipinski definition) is 1. The first kappa shape index (κ1) is 19.1. The van der Waals surface area contributed by atoms with Crippen LogP contribution in [0.4, 0.5) is 5.69 Å². The number of carbonyl (C=O) groups excluding carboxylic acids is 2. The van der Waals surface area contributed by atoms with Crippen LogP contribution in [0.1, 0.15) is 27.0 Å². The number of ether oxygens (including phenoxy) is 1. The Morgan fingerprint density at radius 1 is 1.03 bits per heavy atom. The Bertz CT molecular complexity index is 1190. The fourth-order valence-corrected chi connectivity index (χ4v) is 4.14. The summed E-state index contributed by atoms with van der Waals surface area (Å²) in [5.41, 5.74) is 4.98. The van der Waals surface area contributed by atoms with Crippen molar-refractivity contribution in [2.45, 2.75) is 12.6 Å². The molecule has 2 heterocycles. The molecule has 1 atom stereocenters. The van der Waals surface area contributed by atoms with E-state index in [1.807, 2.05) is 48.5 Å². The van der Waals surface area contributed by atoms with E-state index in [-0.39, 0.29) is 11.8 Å². The maximum Gasteiger partial charge on any atom is 0.272 e. The van der Waals surface area contributed by atoms with E-state index < -0.39 is 6.17 Å². The van der Waals surface area contributed by atoms with E-state index in [9.17, 15) is 9.59 Å². The number of hydrogen-bond acceptors (Lipinski definition) is 4. The molecule has 6 heteroatoms. The molecule has 5 rings (SSSR count). The lowest BCUT2D eigenvalue weighted by atomic mass is 9.98. The van der Waals surface area contributed by atoms with Gasteiger partial charge in [-0.15, -0.1) is 0 Å². The van der Waals surface area contributed by atoms with E-state index in [0.717, 1.165) is 28.8 Å². The summed E-state index contributed by atoms with van der Waals surface area (Å²) in [6, 6.07) is 22.6. The number of nitrogens with zero attached hydrogens (tertiary/aromatic N) is 2. The van der Waals surface area contributed by atoms with Gasteiger partial charge in [0, 0.05) is 23.2 Å². The molecule has 3 aromatic rings. The van der Waals surface area contributed by atoms with Gasteiger partial charge in [-0.3, -0.25) is 9.59 Å². The van der Waals surface area contributed by atoms with Gasteiger partial charge < -0.3 is 15.0 Å². The Balaban J connectivity index is 1.56. The molecule has 6 nitrogen and oxygen atoms in total. The highest BCUT2D eigenvalue weighted by atomic mass is 16.5. The number of rotatable bonds is 4. The summed E-state index contributed by atoms with van der Waals surface area (Å²) in [5, 5.41) is 2.83. The molecular weight excluding hydrogens is 390 g/mol. The lowest BCUT2D eigenvalue weighted by molar-refractivity contribution is -0.120. The zero-order valence-corrected chi connectivity index (χ0v) is 17.0. The van der Waals surface area contributed by atoms with Gasteiger partial charge in [0.05, 0.1) is 18.5 Å². The smallest absolute Gasteiger partial charge is 0.272 e. The van der Waals surface area contributed by atoms with Crippen LogP contribution in [0.3, 0.4) is 0 Å². The molecule has 2 aliphatic rings. The monoisotopic (exact) mass is 411 g/mol. The second kappa shape index (κ2) is 7.72. The molecule has 2 amide bonds. The van der Waals surface area contributed by atoms with Gasteiger partial charge in [-0.05, 0) is 36.2 Å². The topological polar surface area (TPSA) is 71.0 Å². The SMILES string of the molecule is COc1ccc(C(=O)NC2N=C(c3ccccc3)c3cccc4c3N(CC4)C2=O)cc1. The minimum absolute atomic E-state index is 0.223. The molecule has 0 saturated carbocycles. The molecule has 1 unspecified atom stereocenters. The van der Waals surface area contributed by atoms with E-state index >= 15 is 0 Å². The second-order valence-corrected chi connectivity index (χ2v) is 7.50. The highest BCUT2D eigenvalue weighted by Gasteiger charge is 2.37. The number of aliphatic imine (C=N–C) groups is 1. The third-order valence-corrected chi connectivity index (χ3v) is 5.67. The summed E-state index contributed by atoms with van der Waals surface area (Å²) in [6.45, 7) is 0.581. The molecule has 2 aliphatic heterocycles. The molecule has 0 radical (unpaired) electrons. The van der Waals surface area contributed by atoms with Gasteiger partial charge in [0.25, 0.3) is 11.8 Å². The summed E-state index contributed by atoms with van der Waals surface area (Å²) < 4.78 is 5.15. The van der Waals surface area contributed by atoms with E-state index in [1.54, 1.807) is 36.3 Å². The van der Waals surface area contributed by atoms with E-state index in [2.05, 4.69) is 5.32 Å². The number of nitrogens with one attached hydrogen (secondary N) is 1. The van der Waals surface area contributed by atoms with Crippen LogP contribution in [0.5, 0.6) is 5.75 Å². The summed E-state index contributed by atoms with van der Waals surface area (Å²) in [7, 11) is 1.57. The van der Waals surface area contributed by atoms with Gasteiger partial charge in [0.2, 0.25) is 6.17 Å². The third kappa shape index (κ3) is 3.36. The van der Waals surface area contributed by atoms with Crippen molar-refractivity contribution in [2.24, 2.45) is 4.99 Å². The van der Waals surface area contributed by atoms with Crippen molar-refractivity contribution in [3.63, 3.8) is 0 Å². The van der Waals surface area contributed by atoms with Gasteiger partial charge in [-0.25, -0.2) is 4.99 Å². The first-order chi connectivity index (χ1) is 15.2. The van der Waals surface area contributed by atoms with Gasteiger partial charge in [0.15, 0.2) is 0 Å². The predicted octanol–water partition coefficient (Wildman–Crippen LogP) is 3.19. The lowest BCUT2D eigenvalue weighted by Gasteiger charge is -2.21. The Morgan fingerprint density at radius 3 is 2.55 bits per heavy atom. The minimum Gasteiger partial charge on any atom is -0.497 e. The van der Waals surface area contributed by atoms with Crippen molar-refractivity contribution in [3.8, 4) is 5.75 Å². The molecule has 0 bridgehead atoms. The number of methoxy groups -OCH3 is 1. The van der Waals surface area contributed by atoms with Gasteiger partial charge in [0.1, 0.15) is 5.75 Å². The van der Waals surface area contributed by atoms with E-state index in [4.69, 9.17) is 9.73 Å². The molecule has 0 saturated heterocycles. The van der Waals surface area contributed by atoms with Crippen LogP contribution < -0.4 is 15.0 Å². The maximum atomic E-state index is 13.4. The van der Waals surface area contributed by atoms with Crippen molar-refractivity contribution in [3.05, 3.63) is 95.1 Å². The fourth-order valence-electron chi connectivity index (χ4n) is 4.14. The number of carbonyl (C=O) groups is 2. The Labute approximate surface area is 180 Å². The molecule has 31 heavy (non-hydrogen) atoms. The summed E-state index contributed by atoms with van der Waals surface area (Å²) >= 11 is 0. The molecule has 3 aromatic carbocycles. The molecule has 1 N–H and O–H groups in total. The largest absolute Gasteiger partial charge is 0.497 e. The van der Waals surface area contributed by atoms with Crippen LogP contribution >= 0.6 is 0 Å². The first-order valence-corrected chi connectivity index (χ1v) is 10.2. The molecule has 0 aliphatic carbocycles. The zero-order chi connectivity index (χ0) is 21.4. The van der Waals surface area contributed by atoms with Crippen LogP contribution in [-0.4, -0.2) is 37.3 Å². The van der Waals surface area contributed by atoms with Crippen LogP contribution in [0.2, 0.25) is 0 Å². The normalized spacial score (nSPS) is 16.9. The molecule has 154 valence electrons. The minimum atomic E-state index is -1.01. The number of anilines is 1. The average Bonchev–Trinajstić information content (AvgIpc) is 3.21. The van der Waals surface area contributed by atoms with Gasteiger partial charge in [-0.2, -0.15) is 0 Å². The van der Waals surface area contributed by atoms with Gasteiger partial charge in [-0.1, -0.05) is 48.5 Å². The highest BCUT2D eigenvalue weighted by Crippen LogP contribution is 2.36. The van der Waals surface area contributed by atoms with Gasteiger partial charge >= 0.3 is 0 Å². The molecule has 0 spiro atoms. The van der Waals surface area contributed by atoms with E-state index in [0.29, 0.717) is 23.6 Å². The Morgan fingerprint density at radius 2 is 1.81 bits per heavy atom. The van der Waals surface area contributed by atoms with Crippen LogP contribution in [-0.2, 0) is 11.2 Å². The fraction of sp³-hybridized carbons (Fsp3) is 0.160. The Kier molecular flexibility index (Phi) is 4.75. The van der Waals surface area contributed by atoms with Crippen molar-refractivity contribution in [1.29, 1.82) is 0 Å². The zero-order valence-electron chi connectivity index (χ0n) is 17.0. The van der Waals surface area contributed by atoms with E-state index in [1.165, 1.54) is 0 Å². The predicted molar refractivity (Wildman–Crippen MR) is 119 cm³/mol. The third-order valence-electron chi connectivity index (χ3n) is 5.67.